The summed E-state index contributed by atoms with van der Waals surface area (Å²) >= 11 is 1.48. The van der Waals surface area contributed by atoms with Gasteiger partial charge in [0.05, 0.1) is 23.6 Å². The molecular weight excluding hydrogens is 426 g/mol. The van der Waals surface area contributed by atoms with E-state index in [4.69, 9.17) is 9.72 Å². The number of fused-ring (bicyclic) bond motifs is 3. The SMILES string of the molecule is CC(=O)Nc1cccc(Nc2ncc3ccc4sc(C(=O)N5CCOCC5)cc4c3n2)c1. The van der Waals surface area contributed by atoms with E-state index in [1.165, 1.54) is 18.3 Å². The van der Waals surface area contributed by atoms with Crippen LogP contribution in [0, 0.1) is 0 Å². The number of aromatic nitrogens is 2. The number of carbonyl (C=O) groups is 2. The molecule has 0 bridgehead atoms. The lowest BCUT2D eigenvalue weighted by molar-refractivity contribution is -0.114. The summed E-state index contributed by atoms with van der Waals surface area (Å²) in [6.07, 6.45) is 1.77. The molecule has 0 saturated carbocycles. The predicted molar refractivity (Wildman–Crippen MR) is 126 cm³/mol. The number of nitrogens with one attached hydrogen (secondary N) is 2. The Morgan fingerprint density at radius 2 is 1.91 bits per heavy atom. The maximum Gasteiger partial charge on any atom is 0.264 e. The minimum absolute atomic E-state index is 0.0323. The van der Waals surface area contributed by atoms with Gasteiger partial charge in [0.15, 0.2) is 0 Å². The molecule has 32 heavy (non-hydrogen) atoms. The molecule has 1 aliphatic rings. The average Bonchev–Trinajstić information content (AvgIpc) is 3.24. The number of hydrogen-bond acceptors (Lipinski definition) is 7. The number of thiophene rings is 1. The van der Waals surface area contributed by atoms with E-state index >= 15 is 0 Å². The summed E-state index contributed by atoms with van der Waals surface area (Å²) in [6, 6.07) is 13.3. The van der Waals surface area contributed by atoms with Gasteiger partial charge in [-0.3, -0.25) is 9.59 Å². The molecule has 8 nitrogen and oxygen atoms in total. The molecule has 2 N–H and O–H groups in total. The van der Waals surface area contributed by atoms with Crippen molar-refractivity contribution in [2.45, 2.75) is 6.92 Å². The summed E-state index contributed by atoms with van der Waals surface area (Å²) in [5.74, 6) is 0.341. The molecule has 1 saturated heterocycles. The van der Waals surface area contributed by atoms with Crippen LogP contribution in [-0.4, -0.2) is 53.0 Å². The number of ether oxygens (including phenoxy) is 1. The first-order chi connectivity index (χ1) is 15.6. The molecule has 3 heterocycles. The zero-order valence-corrected chi connectivity index (χ0v) is 18.2. The second-order valence-electron chi connectivity index (χ2n) is 7.51. The molecule has 0 radical (unpaired) electrons. The van der Waals surface area contributed by atoms with Crippen LogP contribution >= 0.6 is 11.3 Å². The van der Waals surface area contributed by atoms with Gasteiger partial charge >= 0.3 is 0 Å². The van der Waals surface area contributed by atoms with E-state index in [0.29, 0.717) is 42.8 Å². The molecule has 2 aromatic carbocycles. The molecule has 0 spiro atoms. The van der Waals surface area contributed by atoms with Gasteiger partial charge in [-0.2, -0.15) is 0 Å². The molecule has 9 heteroatoms. The average molecular weight is 448 g/mol. The van der Waals surface area contributed by atoms with Gasteiger partial charge in [-0.1, -0.05) is 6.07 Å². The Hall–Kier alpha value is -3.56. The first kappa shape index (κ1) is 20.3. The Bertz CT molecular complexity index is 1330. The summed E-state index contributed by atoms with van der Waals surface area (Å²) in [5, 5.41) is 7.79. The van der Waals surface area contributed by atoms with Gasteiger partial charge in [0, 0.05) is 53.1 Å². The molecule has 1 fully saturated rings. The molecule has 0 aliphatic carbocycles. The van der Waals surface area contributed by atoms with Gasteiger partial charge in [0.2, 0.25) is 11.9 Å². The van der Waals surface area contributed by atoms with Crippen molar-refractivity contribution in [3.05, 3.63) is 53.5 Å². The van der Waals surface area contributed by atoms with E-state index in [1.807, 2.05) is 47.4 Å². The lowest BCUT2D eigenvalue weighted by atomic mass is 10.1. The number of benzene rings is 2. The third-order valence-electron chi connectivity index (χ3n) is 5.20. The van der Waals surface area contributed by atoms with Crippen LogP contribution in [0.1, 0.15) is 16.6 Å². The fourth-order valence-corrected chi connectivity index (χ4v) is 4.74. The first-order valence-corrected chi connectivity index (χ1v) is 11.1. The summed E-state index contributed by atoms with van der Waals surface area (Å²) in [6.45, 7) is 3.84. The third-order valence-corrected chi connectivity index (χ3v) is 6.28. The summed E-state index contributed by atoms with van der Waals surface area (Å²) in [7, 11) is 0. The smallest absolute Gasteiger partial charge is 0.264 e. The Morgan fingerprint density at radius 3 is 2.72 bits per heavy atom. The minimum Gasteiger partial charge on any atom is -0.378 e. The van der Waals surface area contributed by atoms with Crippen LogP contribution in [0.3, 0.4) is 0 Å². The van der Waals surface area contributed by atoms with Gasteiger partial charge in [0.25, 0.3) is 5.91 Å². The van der Waals surface area contributed by atoms with E-state index in [1.54, 1.807) is 6.20 Å². The van der Waals surface area contributed by atoms with Crippen molar-refractivity contribution < 1.29 is 14.3 Å². The van der Waals surface area contributed by atoms with Crippen molar-refractivity contribution in [1.29, 1.82) is 0 Å². The zero-order valence-electron chi connectivity index (χ0n) is 17.4. The Labute approximate surface area is 188 Å². The second-order valence-corrected chi connectivity index (χ2v) is 8.59. The molecule has 2 amide bonds. The molecule has 0 unspecified atom stereocenters. The van der Waals surface area contributed by atoms with Crippen LogP contribution in [0.15, 0.2) is 48.7 Å². The second kappa shape index (κ2) is 8.52. The van der Waals surface area contributed by atoms with Gasteiger partial charge < -0.3 is 20.3 Å². The van der Waals surface area contributed by atoms with Crippen molar-refractivity contribution in [3.63, 3.8) is 0 Å². The topological polar surface area (TPSA) is 96.5 Å². The molecule has 5 rings (SSSR count). The Kier molecular flexibility index (Phi) is 5.42. The standard InChI is InChI=1S/C23H21N5O3S/c1-14(29)25-16-3-2-4-17(11-16)26-23-24-13-15-5-6-19-18(21(15)27-23)12-20(32-19)22(30)28-7-9-31-10-8-28/h2-6,11-13H,7-10H2,1H3,(H,25,29)(H,24,26,27). The molecule has 4 aromatic rings. The lowest BCUT2D eigenvalue weighted by Crippen LogP contribution is -2.40. The maximum absolute atomic E-state index is 12.9. The molecule has 1 aliphatic heterocycles. The van der Waals surface area contributed by atoms with Crippen molar-refractivity contribution in [2.75, 3.05) is 36.9 Å². The highest BCUT2D eigenvalue weighted by Gasteiger charge is 2.21. The summed E-state index contributed by atoms with van der Waals surface area (Å²) in [4.78, 5) is 35.9. The van der Waals surface area contributed by atoms with E-state index in [-0.39, 0.29) is 11.8 Å². The largest absolute Gasteiger partial charge is 0.378 e. The molecule has 0 atom stereocenters. The number of hydrogen-bond donors (Lipinski definition) is 2. The van der Waals surface area contributed by atoms with Crippen LogP contribution in [-0.2, 0) is 9.53 Å². The number of anilines is 3. The third kappa shape index (κ3) is 4.12. The minimum atomic E-state index is -0.133. The Morgan fingerprint density at radius 1 is 1.09 bits per heavy atom. The van der Waals surface area contributed by atoms with E-state index < -0.39 is 0 Å². The van der Waals surface area contributed by atoms with Gasteiger partial charge in [-0.15, -0.1) is 11.3 Å². The monoisotopic (exact) mass is 447 g/mol. The van der Waals surface area contributed by atoms with E-state index in [0.717, 1.165) is 26.7 Å². The van der Waals surface area contributed by atoms with Crippen LogP contribution in [0.25, 0.3) is 21.0 Å². The summed E-state index contributed by atoms with van der Waals surface area (Å²) < 4.78 is 6.36. The molecule has 2 aromatic heterocycles. The van der Waals surface area contributed by atoms with E-state index in [9.17, 15) is 9.59 Å². The quantitative estimate of drug-likeness (QED) is 0.491. The van der Waals surface area contributed by atoms with Gasteiger partial charge in [-0.05, 0) is 36.4 Å². The predicted octanol–water partition coefficient (Wildman–Crippen LogP) is 4.02. The first-order valence-electron chi connectivity index (χ1n) is 10.3. The van der Waals surface area contributed by atoms with Gasteiger partial charge in [-0.25, -0.2) is 9.97 Å². The van der Waals surface area contributed by atoms with Crippen LogP contribution in [0.2, 0.25) is 0 Å². The number of nitrogens with zero attached hydrogens (tertiary/aromatic N) is 3. The zero-order chi connectivity index (χ0) is 22.1. The van der Waals surface area contributed by atoms with Crippen molar-refractivity contribution >= 4 is 61.5 Å². The summed E-state index contributed by atoms with van der Waals surface area (Å²) in [5.41, 5.74) is 2.24. The van der Waals surface area contributed by atoms with Gasteiger partial charge in [0.1, 0.15) is 0 Å². The van der Waals surface area contributed by atoms with E-state index in [2.05, 4.69) is 15.6 Å². The highest BCUT2D eigenvalue weighted by atomic mass is 32.1. The van der Waals surface area contributed by atoms with Crippen LogP contribution in [0.5, 0.6) is 0 Å². The Balaban J connectivity index is 1.47. The van der Waals surface area contributed by atoms with Crippen molar-refractivity contribution in [2.24, 2.45) is 0 Å². The van der Waals surface area contributed by atoms with Crippen LogP contribution < -0.4 is 10.6 Å². The number of carbonyl (C=O) groups excluding carboxylic acids is 2. The normalized spacial score (nSPS) is 14.0. The highest BCUT2D eigenvalue weighted by Crippen LogP contribution is 2.32. The fraction of sp³-hybridized carbons (Fsp3) is 0.217. The molecular formula is C23H21N5O3S. The number of amides is 2. The van der Waals surface area contributed by atoms with Crippen molar-refractivity contribution in [3.8, 4) is 0 Å². The number of rotatable bonds is 4. The van der Waals surface area contributed by atoms with Crippen molar-refractivity contribution in [1.82, 2.24) is 14.9 Å². The highest BCUT2D eigenvalue weighted by molar-refractivity contribution is 7.21. The maximum atomic E-state index is 12.9. The lowest BCUT2D eigenvalue weighted by Gasteiger charge is -2.26. The number of morpholine rings is 1. The fourth-order valence-electron chi connectivity index (χ4n) is 3.70. The van der Waals surface area contributed by atoms with Crippen LogP contribution in [0.4, 0.5) is 17.3 Å². The molecule has 162 valence electrons.